The van der Waals surface area contributed by atoms with E-state index in [0.29, 0.717) is 23.6 Å². The second-order valence-electron chi connectivity index (χ2n) is 4.12. The molecule has 1 atom stereocenters. The van der Waals surface area contributed by atoms with Crippen LogP contribution in [-0.4, -0.2) is 17.1 Å². The number of aromatic nitrogens is 2. The first-order valence-electron chi connectivity index (χ1n) is 5.90. The Morgan fingerprint density at radius 3 is 2.95 bits per heavy atom. The number of hydrazine groups is 1. The Labute approximate surface area is 120 Å². The molecule has 0 radical (unpaired) electrons. The average Bonchev–Trinajstić information content (AvgIpc) is 2.49. The average molecular weight is 297 g/mol. The minimum Gasteiger partial charge on any atom is -0.481 e. The third-order valence-corrected chi connectivity index (χ3v) is 3.18. The van der Waals surface area contributed by atoms with Crippen LogP contribution in [0.3, 0.4) is 0 Å². The molecule has 3 N–H and O–H groups in total. The molecule has 1 aromatic heterocycles. The predicted octanol–water partition coefficient (Wildman–Crippen LogP) is 2.02. The predicted molar refractivity (Wildman–Crippen MR) is 73.8 cm³/mol. The van der Waals surface area contributed by atoms with Crippen molar-refractivity contribution in [1.82, 2.24) is 15.4 Å². The molecule has 0 fully saturated rings. The fourth-order valence-electron chi connectivity index (χ4n) is 1.83. The number of nitrogens with zero attached hydrogens (tertiary/aromatic N) is 2. The van der Waals surface area contributed by atoms with Gasteiger partial charge in [-0.25, -0.2) is 14.4 Å². The van der Waals surface area contributed by atoms with Crippen LogP contribution in [0.25, 0.3) is 0 Å². The molecule has 20 heavy (non-hydrogen) atoms. The van der Waals surface area contributed by atoms with Crippen molar-refractivity contribution in [2.75, 3.05) is 7.11 Å². The molecular formula is C13H14ClFN4O. The van der Waals surface area contributed by atoms with Gasteiger partial charge in [-0.15, -0.1) is 0 Å². The molecule has 0 aliphatic rings. The molecule has 2 rings (SSSR count). The first kappa shape index (κ1) is 14.6. The summed E-state index contributed by atoms with van der Waals surface area (Å²) in [4.78, 5) is 8.03. The Morgan fingerprint density at radius 1 is 1.45 bits per heavy atom. The van der Waals surface area contributed by atoms with E-state index in [9.17, 15) is 4.39 Å². The van der Waals surface area contributed by atoms with Crippen LogP contribution < -0.4 is 16.0 Å². The summed E-state index contributed by atoms with van der Waals surface area (Å²) in [6.45, 7) is 0. The van der Waals surface area contributed by atoms with Gasteiger partial charge in [-0.05, 0) is 18.1 Å². The quantitative estimate of drug-likeness (QED) is 0.652. The topological polar surface area (TPSA) is 73.1 Å². The fourth-order valence-corrected chi connectivity index (χ4v) is 2.02. The zero-order valence-electron chi connectivity index (χ0n) is 10.8. The maximum absolute atomic E-state index is 13.9. The molecule has 1 unspecified atom stereocenters. The van der Waals surface area contributed by atoms with Crippen LogP contribution in [0.1, 0.15) is 17.3 Å². The number of halogens is 2. The first-order valence-corrected chi connectivity index (χ1v) is 6.28. The summed E-state index contributed by atoms with van der Waals surface area (Å²) >= 11 is 5.76. The molecule has 7 heteroatoms. The van der Waals surface area contributed by atoms with E-state index in [2.05, 4.69) is 15.4 Å². The lowest BCUT2D eigenvalue weighted by atomic mass is 10.0. The molecule has 0 amide bonds. The van der Waals surface area contributed by atoms with Gasteiger partial charge in [-0.2, -0.15) is 0 Å². The normalized spacial score (nSPS) is 12.2. The van der Waals surface area contributed by atoms with Crippen molar-refractivity contribution >= 4 is 11.6 Å². The van der Waals surface area contributed by atoms with Crippen LogP contribution >= 0.6 is 11.6 Å². The highest BCUT2D eigenvalue weighted by atomic mass is 35.5. The molecule has 0 bridgehead atoms. The maximum Gasteiger partial charge on any atom is 0.216 e. The molecule has 2 aromatic rings. The zero-order valence-corrected chi connectivity index (χ0v) is 11.6. The third-order valence-electron chi connectivity index (χ3n) is 2.89. The molecule has 0 aliphatic carbocycles. The van der Waals surface area contributed by atoms with Gasteiger partial charge in [0.05, 0.1) is 23.9 Å². The molecule has 0 aliphatic heterocycles. The van der Waals surface area contributed by atoms with E-state index in [-0.39, 0.29) is 11.1 Å². The summed E-state index contributed by atoms with van der Waals surface area (Å²) in [5.74, 6) is 5.50. The van der Waals surface area contributed by atoms with Crippen LogP contribution in [0.5, 0.6) is 5.88 Å². The van der Waals surface area contributed by atoms with Crippen LogP contribution in [-0.2, 0) is 6.42 Å². The third kappa shape index (κ3) is 3.22. The second-order valence-corrected chi connectivity index (χ2v) is 4.53. The molecule has 0 saturated heterocycles. The lowest BCUT2D eigenvalue weighted by molar-refractivity contribution is 0.393. The van der Waals surface area contributed by atoms with Gasteiger partial charge in [-0.3, -0.25) is 11.3 Å². The number of benzene rings is 1. The first-order chi connectivity index (χ1) is 9.65. The summed E-state index contributed by atoms with van der Waals surface area (Å²) in [5, 5.41) is 0.0820. The summed E-state index contributed by atoms with van der Waals surface area (Å²) in [6.07, 6.45) is 1.68. The van der Waals surface area contributed by atoms with Gasteiger partial charge in [0, 0.05) is 6.07 Å². The van der Waals surface area contributed by atoms with Crippen molar-refractivity contribution in [3.63, 3.8) is 0 Å². The van der Waals surface area contributed by atoms with Crippen molar-refractivity contribution in [2.45, 2.75) is 12.5 Å². The molecule has 5 nitrogen and oxygen atoms in total. The standard InChI is InChI=1S/C13H14ClFN4O/c1-20-12-6-10(17-7-18-12)11(19-16)5-8-3-2-4-9(14)13(8)15/h2-4,6-7,11,19H,5,16H2,1H3. The van der Waals surface area contributed by atoms with E-state index in [0.717, 1.165) is 0 Å². The van der Waals surface area contributed by atoms with Crippen molar-refractivity contribution in [2.24, 2.45) is 5.84 Å². The van der Waals surface area contributed by atoms with Gasteiger partial charge in [0.15, 0.2) is 0 Å². The highest BCUT2D eigenvalue weighted by Crippen LogP contribution is 2.23. The van der Waals surface area contributed by atoms with E-state index in [1.165, 1.54) is 19.5 Å². The van der Waals surface area contributed by atoms with Crippen LogP contribution in [0, 0.1) is 5.82 Å². The number of hydrogen-bond donors (Lipinski definition) is 2. The van der Waals surface area contributed by atoms with Gasteiger partial charge in [-0.1, -0.05) is 23.7 Å². The van der Waals surface area contributed by atoms with Gasteiger partial charge >= 0.3 is 0 Å². The highest BCUT2D eigenvalue weighted by Gasteiger charge is 2.16. The van der Waals surface area contributed by atoms with Gasteiger partial charge in [0.2, 0.25) is 5.88 Å². The number of nitrogens with two attached hydrogens (primary N) is 1. The van der Waals surface area contributed by atoms with Crippen molar-refractivity contribution in [3.05, 3.63) is 52.7 Å². The number of methoxy groups -OCH3 is 1. The number of ether oxygens (including phenoxy) is 1. The molecule has 1 aromatic carbocycles. The van der Waals surface area contributed by atoms with Crippen LogP contribution in [0.4, 0.5) is 4.39 Å². The van der Waals surface area contributed by atoms with Crippen molar-refractivity contribution in [1.29, 1.82) is 0 Å². The zero-order chi connectivity index (χ0) is 14.5. The van der Waals surface area contributed by atoms with E-state index in [4.69, 9.17) is 22.2 Å². The minimum atomic E-state index is -0.449. The van der Waals surface area contributed by atoms with E-state index in [1.54, 1.807) is 18.2 Å². The summed E-state index contributed by atoms with van der Waals surface area (Å²) < 4.78 is 18.9. The summed E-state index contributed by atoms with van der Waals surface area (Å²) in [5.41, 5.74) is 3.68. The lowest BCUT2D eigenvalue weighted by Gasteiger charge is -2.16. The number of hydrogen-bond acceptors (Lipinski definition) is 5. The van der Waals surface area contributed by atoms with E-state index >= 15 is 0 Å². The Bertz CT molecular complexity index is 596. The summed E-state index contributed by atoms with van der Waals surface area (Å²) in [7, 11) is 1.51. The second kappa shape index (κ2) is 6.60. The van der Waals surface area contributed by atoms with Crippen molar-refractivity contribution in [3.8, 4) is 5.88 Å². The maximum atomic E-state index is 13.9. The fraction of sp³-hybridized carbons (Fsp3) is 0.231. The molecular weight excluding hydrogens is 283 g/mol. The van der Waals surface area contributed by atoms with Gasteiger partial charge < -0.3 is 4.74 Å². The summed E-state index contributed by atoms with van der Waals surface area (Å²) in [6, 6.07) is 6.12. The Hall–Kier alpha value is -1.76. The SMILES string of the molecule is COc1cc(C(Cc2cccc(Cl)c2F)NN)ncn1. The van der Waals surface area contributed by atoms with Gasteiger partial charge in [0.1, 0.15) is 12.1 Å². The monoisotopic (exact) mass is 296 g/mol. The Morgan fingerprint density at radius 2 is 2.25 bits per heavy atom. The van der Waals surface area contributed by atoms with E-state index < -0.39 is 5.82 Å². The highest BCUT2D eigenvalue weighted by molar-refractivity contribution is 6.30. The van der Waals surface area contributed by atoms with Gasteiger partial charge in [0.25, 0.3) is 0 Å². The van der Waals surface area contributed by atoms with E-state index in [1.807, 2.05) is 0 Å². The molecule has 106 valence electrons. The Balaban J connectivity index is 2.26. The number of rotatable bonds is 5. The van der Waals surface area contributed by atoms with Crippen LogP contribution in [0.15, 0.2) is 30.6 Å². The Kier molecular flexibility index (Phi) is 4.84. The van der Waals surface area contributed by atoms with Crippen molar-refractivity contribution < 1.29 is 9.13 Å². The molecule has 0 spiro atoms. The molecule has 1 heterocycles. The largest absolute Gasteiger partial charge is 0.481 e. The minimum absolute atomic E-state index is 0.0820. The van der Waals surface area contributed by atoms with Crippen LogP contribution in [0.2, 0.25) is 5.02 Å². The number of nitrogens with one attached hydrogen (secondary N) is 1. The molecule has 0 saturated carbocycles. The lowest BCUT2D eigenvalue weighted by Crippen LogP contribution is -2.30. The smallest absolute Gasteiger partial charge is 0.216 e.